The smallest absolute Gasteiger partial charge is 0.307 e. The molecule has 0 saturated carbocycles. The summed E-state index contributed by atoms with van der Waals surface area (Å²) in [5.74, 6) is -0.524. The number of hydrogen-bond acceptors (Lipinski definition) is 3. The molecule has 1 rings (SSSR count). The van der Waals surface area contributed by atoms with Crippen molar-refractivity contribution in [2.75, 3.05) is 25.1 Å². The highest BCUT2D eigenvalue weighted by molar-refractivity contribution is 5.70. The van der Waals surface area contributed by atoms with Gasteiger partial charge in [0.2, 0.25) is 0 Å². The maximum Gasteiger partial charge on any atom is 0.307 e. The predicted octanol–water partition coefficient (Wildman–Crippen LogP) is 2.22. The monoisotopic (exact) mass is 225 g/mol. The molecule has 0 saturated heterocycles. The van der Waals surface area contributed by atoms with Crippen molar-refractivity contribution in [3.8, 4) is 0 Å². The standard InChI is InChI=1S/C12H16FNO2/c1-3-14(8-7-12(15)16-2)11-6-4-5-10(13)9-11/h4-6,9H,3,7-8H2,1-2H3. The molecule has 0 aliphatic rings. The van der Waals surface area contributed by atoms with E-state index in [0.717, 1.165) is 12.2 Å². The van der Waals surface area contributed by atoms with Gasteiger partial charge in [0.1, 0.15) is 5.82 Å². The first kappa shape index (κ1) is 12.5. The number of anilines is 1. The van der Waals surface area contributed by atoms with Gasteiger partial charge in [-0.25, -0.2) is 4.39 Å². The molecule has 0 aliphatic heterocycles. The molecule has 0 N–H and O–H groups in total. The van der Waals surface area contributed by atoms with Crippen LogP contribution in [0.2, 0.25) is 0 Å². The van der Waals surface area contributed by atoms with E-state index < -0.39 is 0 Å². The van der Waals surface area contributed by atoms with Gasteiger partial charge in [0, 0.05) is 18.8 Å². The van der Waals surface area contributed by atoms with E-state index in [4.69, 9.17) is 0 Å². The van der Waals surface area contributed by atoms with Gasteiger partial charge in [-0.05, 0) is 25.1 Å². The summed E-state index contributed by atoms with van der Waals surface area (Å²) in [5, 5.41) is 0. The van der Waals surface area contributed by atoms with Crippen molar-refractivity contribution < 1.29 is 13.9 Å². The Bertz CT molecular complexity index is 355. The van der Waals surface area contributed by atoms with Gasteiger partial charge < -0.3 is 9.64 Å². The first-order valence-corrected chi connectivity index (χ1v) is 5.24. The molecule has 16 heavy (non-hydrogen) atoms. The van der Waals surface area contributed by atoms with Crippen molar-refractivity contribution in [3.05, 3.63) is 30.1 Å². The van der Waals surface area contributed by atoms with Crippen molar-refractivity contribution in [1.29, 1.82) is 0 Å². The van der Waals surface area contributed by atoms with Crippen LogP contribution in [0.25, 0.3) is 0 Å². The Kier molecular flexibility index (Phi) is 4.76. The maximum absolute atomic E-state index is 13.0. The van der Waals surface area contributed by atoms with E-state index in [1.807, 2.05) is 17.9 Å². The third-order valence-corrected chi connectivity index (χ3v) is 2.37. The van der Waals surface area contributed by atoms with Crippen LogP contribution in [0.5, 0.6) is 0 Å². The Morgan fingerprint density at radius 1 is 1.50 bits per heavy atom. The number of esters is 1. The average molecular weight is 225 g/mol. The number of methoxy groups -OCH3 is 1. The Morgan fingerprint density at radius 3 is 2.81 bits per heavy atom. The Labute approximate surface area is 94.8 Å². The van der Waals surface area contributed by atoms with Crippen molar-refractivity contribution in [2.24, 2.45) is 0 Å². The zero-order valence-corrected chi connectivity index (χ0v) is 9.57. The van der Waals surface area contributed by atoms with Gasteiger partial charge in [-0.2, -0.15) is 0 Å². The lowest BCUT2D eigenvalue weighted by Crippen LogP contribution is -2.26. The number of nitrogens with zero attached hydrogens (tertiary/aromatic N) is 1. The molecule has 3 nitrogen and oxygen atoms in total. The molecule has 1 aromatic rings. The Hall–Kier alpha value is -1.58. The molecular formula is C12H16FNO2. The molecule has 0 aliphatic carbocycles. The van der Waals surface area contributed by atoms with E-state index in [1.165, 1.54) is 19.2 Å². The second-order valence-corrected chi connectivity index (χ2v) is 3.39. The molecule has 0 radical (unpaired) electrons. The van der Waals surface area contributed by atoms with Gasteiger partial charge in [0.15, 0.2) is 0 Å². The largest absolute Gasteiger partial charge is 0.469 e. The van der Waals surface area contributed by atoms with Gasteiger partial charge in [0.05, 0.1) is 13.5 Å². The number of hydrogen-bond donors (Lipinski definition) is 0. The summed E-state index contributed by atoms with van der Waals surface area (Å²) >= 11 is 0. The zero-order valence-electron chi connectivity index (χ0n) is 9.57. The van der Waals surface area contributed by atoms with Crippen molar-refractivity contribution in [1.82, 2.24) is 0 Å². The molecule has 88 valence electrons. The highest BCUT2D eigenvalue weighted by atomic mass is 19.1. The summed E-state index contributed by atoms with van der Waals surface area (Å²) in [6, 6.07) is 6.34. The van der Waals surface area contributed by atoms with Crippen LogP contribution in [-0.2, 0) is 9.53 Å². The molecule has 0 atom stereocenters. The topological polar surface area (TPSA) is 29.5 Å². The number of ether oxygens (including phenoxy) is 1. The summed E-state index contributed by atoms with van der Waals surface area (Å²) < 4.78 is 17.6. The molecule has 0 aromatic heterocycles. The van der Waals surface area contributed by atoms with Crippen LogP contribution in [0.4, 0.5) is 10.1 Å². The van der Waals surface area contributed by atoms with Crippen LogP contribution < -0.4 is 4.90 Å². The molecule has 4 heteroatoms. The highest BCUT2D eigenvalue weighted by Gasteiger charge is 2.08. The number of benzene rings is 1. The summed E-state index contributed by atoms with van der Waals surface area (Å²) in [7, 11) is 1.36. The van der Waals surface area contributed by atoms with Crippen molar-refractivity contribution >= 4 is 11.7 Å². The number of halogens is 1. The average Bonchev–Trinajstić information content (AvgIpc) is 2.29. The van der Waals surface area contributed by atoms with Crippen LogP contribution >= 0.6 is 0 Å². The number of rotatable bonds is 5. The minimum atomic E-state index is -0.269. The minimum Gasteiger partial charge on any atom is -0.469 e. The maximum atomic E-state index is 13.0. The molecule has 0 heterocycles. The van der Waals surface area contributed by atoms with Crippen molar-refractivity contribution in [2.45, 2.75) is 13.3 Å². The summed E-state index contributed by atoms with van der Waals surface area (Å²) in [6.45, 7) is 3.22. The van der Waals surface area contributed by atoms with E-state index in [2.05, 4.69) is 4.74 Å². The Balaban J connectivity index is 2.64. The second kappa shape index (κ2) is 6.10. The predicted molar refractivity (Wildman–Crippen MR) is 60.9 cm³/mol. The molecule has 0 bridgehead atoms. The van der Waals surface area contributed by atoms with E-state index in [-0.39, 0.29) is 11.8 Å². The molecule has 0 spiro atoms. The van der Waals surface area contributed by atoms with Crippen LogP contribution in [0.3, 0.4) is 0 Å². The summed E-state index contributed by atoms with van der Waals surface area (Å²) in [6.07, 6.45) is 0.306. The fraction of sp³-hybridized carbons (Fsp3) is 0.417. The lowest BCUT2D eigenvalue weighted by Gasteiger charge is -2.22. The first-order valence-electron chi connectivity index (χ1n) is 5.24. The van der Waals surface area contributed by atoms with Gasteiger partial charge in [-0.3, -0.25) is 4.79 Å². The van der Waals surface area contributed by atoms with Gasteiger partial charge in [-0.1, -0.05) is 6.07 Å². The van der Waals surface area contributed by atoms with Gasteiger partial charge in [-0.15, -0.1) is 0 Å². The number of carbonyl (C=O) groups is 1. The van der Waals surface area contributed by atoms with E-state index >= 15 is 0 Å². The summed E-state index contributed by atoms with van der Waals surface area (Å²) in [5.41, 5.74) is 0.784. The second-order valence-electron chi connectivity index (χ2n) is 3.39. The fourth-order valence-corrected chi connectivity index (χ4v) is 1.47. The number of carbonyl (C=O) groups excluding carboxylic acids is 1. The van der Waals surface area contributed by atoms with E-state index in [9.17, 15) is 9.18 Å². The first-order chi connectivity index (χ1) is 7.67. The molecule has 0 amide bonds. The van der Waals surface area contributed by atoms with Crippen LogP contribution in [-0.4, -0.2) is 26.2 Å². The molecule has 0 fully saturated rings. The lowest BCUT2D eigenvalue weighted by atomic mass is 10.2. The zero-order chi connectivity index (χ0) is 12.0. The van der Waals surface area contributed by atoms with Gasteiger partial charge >= 0.3 is 5.97 Å². The van der Waals surface area contributed by atoms with Crippen molar-refractivity contribution in [3.63, 3.8) is 0 Å². The fourth-order valence-electron chi connectivity index (χ4n) is 1.47. The van der Waals surface area contributed by atoms with E-state index in [0.29, 0.717) is 13.0 Å². The quantitative estimate of drug-likeness (QED) is 0.719. The van der Waals surface area contributed by atoms with Gasteiger partial charge in [0.25, 0.3) is 0 Å². The minimum absolute atomic E-state index is 0.255. The third-order valence-electron chi connectivity index (χ3n) is 2.37. The normalized spacial score (nSPS) is 9.94. The lowest BCUT2D eigenvalue weighted by molar-refractivity contribution is -0.140. The highest BCUT2D eigenvalue weighted by Crippen LogP contribution is 2.15. The molecular weight excluding hydrogens is 209 g/mol. The summed E-state index contributed by atoms with van der Waals surface area (Å²) in [4.78, 5) is 12.9. The SMILES string of the molecule is CCN(CCC(=O)OC)c1cccc(F)c1. The van der Waals surface area contributed by atoms with Crippen LogP contribution in [0.15, 0.2) is 24.3 Å². The third kappa shape index (κ3) is 3.53. The van der Waals surface area contributed by atoms with E-state index in [1.54, 1.807) is 6.07 Å². The van der Waals surface area contributed by atoms with Crippen LogP contribution in [0.1, 0.15) is 13.3 Å². The molecule has 1 aromatic carbocycles. The Morgan fingerprint density at radius 2 is 2.25 bits per heavy atom. The molecule has 0 unspecified atom stereocenters. The van der Waals surface area contributed by atoms with Crippen LogP contribution in [0, 0.1) is 5.82 Å².